The van der Waals surface area contributed by atoms with Gasteiger partial charge in [0.05, 0.1) is 0 Å². The first-order valence-corrected chi connectivity index (χ1v) is 6.29. The summed E-state index contributed by atoms with van der Waals surface area (Å²) in [5.41, 5.74) is 6.90. The molecule has 17 heavy (non-hydrogen) atoms. The minimum absolute atomic E-state index is 0.0179. The number of carbonyl (C=O) groups excluding carboxylic acids is 1. The SMILES string of the molecule is NC(CC(=O)NCc1cccc(Cl)c1)C1CC1. The van der Waals surface area contributed by atoms with Crippen molar-refractivity contribution in [2.24, 2.45) is 11.7 Å². The summed E-state index contributed by atoms with van der Waals surface area (Å²) in [5.74, 6) is 0.580. The molecule has 1 amide bonds. The molecule has 1 fully saturated rings. The Morgan fingerprint density at radius 3 is 2.94 bits per heavy atom. The van der Waals surface area contributed by atoms with Crippen molar-refractivity contribution in [2.75, 3.05) is 0 Å². The van der Waals surface area contributed by atoms with Gasteiger partial charge in [-0.05, 0) is 36.5 Å². The van der Waals surface area contributed by atoms with Gasteiger partial charge in [-0.1, -0.05) is 23.7 Å². The van der Waals surface area contributed by atoms with Crippen LogP contribution in [0.25, 0.3) is 0 Å². The van der Waals surface area contributed by atoms with Gasteiger partial charge in [0.15, 0.2) is 0 Å². The predicted octanol–water partition coefficient (Wildman–Crippen LogP) is 2.08. The van der Waals surface area contributed by atoms with Crippen LogP contribution in [-0.2, 0) is 11.3 Å². The van der Waals surface area contributed by atoms with E-state index >= 15 is 0 Å². The molecule has 0 aliphatic heterocycles. The number of nitrogens with one attached hydrogen (secondary N) is 1. The standard InChI is InChI=1S/C13H17ClN2O/c14-11-3-1-2-9(6-11)8-16-13(17)7-12(15)10-4-5-10/h1-3,6,10,12H,4-5,7-8,15H2,(H,16,17). The second-order valence-electron chi connectivity index (χ2n) is 4.61. The summed E-state index contributed by atoms with van der Waals surface area (Å²) in [4.78, 5) is 11.6. The van der Waals surface area contributed by atoms with Crippen LogP contribution < -0.4 is 11.1 Å². The molecule has 1 aromatic carbocycles. The number of nitrogens with two attached hydrogens (primary N) is 1. The van der Waals surface area contributed by atoms with E-state index in [2.05, 4.69) is 5.32 Å². The van der Waals surface area contributed by atoms with Crippen LogP contribution in [0.1, 0.15) is 24.8 Å². The fourth-order valence-electron chi connectivity index (χ4n) is 1.82. The van der Waals surface area contributed by atoms with Gasteiger partial charge in [0.1, 0.15) is 0 Å². The lowest BCUT2D eigenvalue weighted by molar-refractivity contribution is -0.121. The Bertz CT molecular complexity index is 404. The van der Waals surface area contributed by atoms with Gasteiger partial charge in [-0.2, -0.15) is 0 Å². The molecule has 4 heteroatoms. The molecule has 2 rings (SSSR count). The van der Waals surface area contributed by atoms with Gasteiger partial charge in [-0.3, -0.25) is 4.79 Å². The van der Waals surface area contributed by atoms with E-state index in [4.69, 9.17) is 17.3 Å². The van der Waals surface area contributed by atoms with Crippen LogP contribution in [0.2, 0.25) is 5.02 Å². The number of benzene rings is 1. The Morgan fingerprint density at radius 1 is 1.53 bits per heavy atom. The number of hydrogen-bond acceptors (Lipinski definition) is 2. The first kappa shape index (κ1) is 12.4. The van der Waals surface area contributed by atoms with Gasteiger partial charge in [0, 0.05) is 24.0 Å². The van der Waals surface area contributed by atoms with Crippen LogP contribution >= 0.6 is 11.6 Å². The lowest BCUT2D eigenvalue weighted by Gasteiger charge is -2.10. The average molecular weight is 253 g/mol. The van der Waals surface area contributed by atoms with Crippen LogP contribution in [0.4, 0.5) is 0 Å². The van der Waals surface area contributed by atoms with Gasteiger partial charge in [0.2, 0.25) is 5.91 Å². The van der Waals surface area contributed by atoms with Gasteiger partial charge >= 0.3 is 0 Å². The zero-order valence-electron chi connectivity index (χ0n) is 9.66. The number of carbonyl (C=O) groups is 1. The molecule has 0 bridgehead atoms. The van der Waals surface area contributed by atoms with Crippen molar-refractivity contribution in [1.29, 1.82) is 0 Å². The highest BCUT2D eigenvalue weighted by molar-refractivity contribution is 6.30. The monoisotopic (exact) mass is 252 g/mol. The summed E-state index contributed by atoms with van der Waals surface area (Å²) in [6.07, 6.45) is 2.76. The Kier molecular flexibility index (Phi) is 4.02. The first-order valence-electron chi connectivity index (χ1n) is 5.92. The van der Waals surface area contributed by atoms with Gasteiger partial charge in [-0.15, -0.1) is 0 Å². The zero-order chi connectivity index (χ0) is 12.3. The van der Waals surface area contributed by atoms with Gasteiger partial charge in [-0.25, -0.2) is 0 Å². The fraction of sp³-hybridized carbons (Fsp3) is 0.462. The van der Waals surface area contributed by atoms with Crippen molar-refractivity contribution < 1.29 is 4.79 Å². The molecule has 0 heterocycles. The Hall–Kier alpha value is -1.06. The van der Waals surface area contributed by atoms with E-state index in [-0.39, 0.29) is 11.9 Å². The van der Waals surface area contributed by atoms with E-state index in [1.165, 1.54) is 12.8 Å². The molecule has 0 saturated heterocycles. The highest BCUT2D eigenvalue weighted by atomic mass is 35.5. The number of amides is 1. The molecule has 0 radical (unpaired) electrons. The molecular weight excluding hydrogens is 236 g/mol. The van der Waals surface area contributed by atoms with E-state index in [0.717, 1.165) is 5.56 Å². The largest absolute Gasteiger partial charge is 0.352 e. The van der Waals surface area contributed by atoms with Crippen molar-refractivity contribution in [2.45, 2.75) is 31.8 Å². The Labute approximate surface area is 106 Å². The molecule has 92 valence electrons. The van der Waals surface area contributed by atoms with Crippen molar-refractivity contribution >= 4 is 17.5 Å². The van der Waals surface area contributed by atoms with E-state index in [1.54, 1.807) is 0 Å². The quantitative estimate of drug-likeness (QED) is 0.843. The third-order valence-corrected chi connectivity index (χ3v) is 3.26. The maximum atomic E-state index is 11.6. The summed E-state index contributed by atoms with van der Waals surface area (Å²) in [6.45, 7) is 0.511. The fourth-order valence-corrected chi connectivity index (χ4v) is 2.04. The average Bonchev–Trinajstić information content (AvgIpc) is 3.10. The highest BCUT2D eigenvalue weighted by Crippen LogP contribution is 2.32. The Morgan fingerprint density at radius 2 is 2.29 bits per heavy atom. The summed E-state index contributed by atoms with van der Waals surface area (Å²) in [6, 6.07) is 7.50. The molecule has 1 aromatic rings. The molecule has 1 aliphatic carbocycles. The van der Waals surface area contributed by atoms with Crippen molar-refractivity contribution in [3.63, 3.8) is 0 Å². The third kappa shape index (κ3) is 4.02. The molecule has 1 unspecified atom stereocenters. The van der Waals surface area contributed by atoms with E-state index in [0.29, 0.717) is 23.9 Å². The molecule has 0 aromatic heterocycles. The molecular formula is C13H17ClN2O. The van der Waals surface area contributed by atoms with Crippen LogP contribution in [-0.4, -0.2) is 11.9 Å². The van der Waals surface area contributed by atoms with Crippen molar-refractivity contribution in [1.82, 2.24) is 5.32 Å². The molecule has 1 atom stereocenters. The minimum Gasteiger partial charge on any atom is -0.352 e. The summed E-state index contributed by atoms with van der Waals surface area (Å²) < 4.78 is 0. The molecule has 1 aliphatic rings. The summed E-state index contributed by atoms with van der Waals surface area (Å²) in [5, 5.41) is 3.55. The van der Waals surface area contributed by atoms with E-state index in [1.807, 2.05) is 24.3 Å². The number of halogens is 1. The van der Waals surface area contributed by atoms with Crippen LogP contribution in [0.15, 0.2) is 24.3 Å². The lowest BCUT2D eigenvalue weighted by atomic mass is 10.1. The van der Waals surface area contributed by atoms with E-state index in [9.17, 15) is 4.79 Å². The highest BCUT2D eigenvalue weighted by Gasteiger charge is 2.29. The lowest BCUT2D eigenvalue weighted by Crippen LogP contribution is -2.32. The van der Waals surface area contributed by atoms with Gasteiger partial charge in [0.25, 0.3) is 0 Å². The topological polar surface area (TPSA) is 55.1 Å². The minimum atomic E-state index is 0.0179. The Balaban J connectivity index is 1.75. The second kappa shape index (κ2) is 5.52. The number of rotatable bonds is 5. The molecule has 0 spiro atoms. The van der Waals surface area contributed by atoms with Crippen LogP contribution in [0.3, 0.4) is 0 Å². The van der Waals surface area contributed by atoms with Gasteiger partial charge < -0.3 is 11.1 Å². The molecule has 3 N–H and O–H groups in total. The smallest absolute Gasteiger partial charge is 0.221 e. The second-order valence-corrected chi connectivity index (χ2v) is 5.05. The maximum absolute atomic E-state index is 11.6. The van der Waals surface area contributed by atoms with Crippen LogP contribution in [0, 0.1) is 5.92 Å². The normalized spacial score (nSPS) is 16.6. The zero-order valence-corrected chi connectivity index (χ0v) is 10.4. The summed E-state index contributed by atoms with van der Waals surface area (Å²) in [7, 11) is 0. The first-order chi connectivity index (χ1) is 8.15. The number of hydrogen-bond donors (Lipinski definition) is 2. The van der Waals surface area contributed by atoms with Crippen LogP contribution in [0.5, 0.6) is 0 Å². The third-order valence-electron chi connectivity index (χ3n) is 3.03. The predicted molar refractivity (Wildman–Crippen MR) is 68.6 cm³/mol. The maximum Gasteiger partial charge on any atom is 0.221 e. The van der Waals surface area contributed by atoms with Crippen molar-refractivity contribution in [3.8, 4) is 0 Å². The summed E-state index contributed by atoms with van der Waals surface area (Å²) >= 11 is 5.86. The van der Waals surface area contributed by atoms with Crippen molar-refractivity contribution in [3.05, 3.63) is 34.9 Å². The molecule has 3 nitrogen and oxygen atoms in total. The van der Waals surface area contributed by atoms with E-state index < -0.39 is 0 Å². The molecule has 1 saturated carbocycles.